The van der Waals surface area contributed by atoms with Gasteiger partial charge in [-0.25, -0.2) is 0 Å². The summed E-state index contributed by atoms with van der Waals surface area (Å²) in [4.78, 5) is 0. The van der Waals surface area contributed by atoms with Crippen LogP contribution in [-0.2, 0) is 0 Å². The highest BCUT2D eigenvalue weighted by Crippen LogP contribution is 2.29. The van der Waals surface area contributed by atoms with Gasteiger partial charge < -0.3 is 5.11 Å². The standard InChI is InChI=1S/C12H18.CH4O/c1-3-8-11(4-2)12-9-6-5-7-10-12;1-2/h3-4,8,12H,1-2,5-7,9-10H2;2H,1H3/b11-8+;. The van der Waals surface area contributed by atoms with Crippen LogP contribution in [0.2, 0.25) is 0 Å². The second-order valence-electron chi connectivity index (χ2n) is 3.44. The second-order valence-corrected chi connectivity index (χ2v) is 3.44. The van der Waals surface area contributed by atoms with Crippen LogP contribution >= 0.6 is 0 Å². The highest BCUT2D eigenvalue weighted by Gasteiger charge is 2.14. The van der Waals surface area contributed by atoms with Crippen molar-refractivity contribution >= 4 is 0 Å². The Balaban J connectivity index is 0.000000791. The van der Waals surface area contributed by atoms with Crippen LogP contribution in [0.4, 0.5) is 0 Å². The summed E-state index contributed by atoms with van der Waals surface area (Å²) < 4.78 is 0. The van der Waals surface area contributed by atoms with Crippen molar-refractivity contribution in [2.24, 2.45) is 5.92 Å². The van der Waals surface area contributed by atoms with Crippen molar-refractivity contribution in [2.45, 2.75) is 32.1 Å². The lowest BCUT2D eigenvalue weighted by atomic mass is 9.83. The zero-order chi connectivity index (χ0) is 10.8. The predicted molar refractivity (Wildman–Crippen MR) is 63.2 cm³/mol. The van der Waals surface area contributed by atoms with E-state index in [2.05, 4.69) is 19.2 Å². The van der Waals surface area contributed by atoms with E-state index in [1.54, 1.807) is 0 Å². The fraction of sp³-hybridized carbons (Fsp3) is 0.538. The Kier molecular flexibility index (Phi) is 8.25. The van der Waals surface area contributed by atoms with E-state index in [0.717, 1.165) is 13.0 Å². The summed E-state index contributed by atoms with van der Waals surface area (Å²) in [6.07, 6.45) is 12.8. The smallest absolute Gasteiger partial charge is 0.0319 e. The van der Waals surface area contributed by atoms with Crippen LogP contribution in [0, 0.1) is 5.92 Å². The highest BCUT2D eigenvalue weighted by atomic mass is 16.2. The quantitative estimate of drug-likeness (QED) is 0.682. The van der Waals surface area contributed by atoms with Gasteiger partial charge in [0.2, 0.25) is 0 Å². The Labute approximate surface area is 87.8 Å². The van der Waals surface area contributed by atoms with Gasteiger partial charge >= 0.3 is 0 Å². The number of hydrogen-bond acceptors (Lipinski definition) is 1. The maximum atomic E-state index is 7.00. The van der Waals surface area contributed by atoms with Crippen molar-refractivity contribution in [3.63, 3.8) is 0 Å². The van der Waals surface area contributed by atoms with Gasteiger partial charge in [-0.3, -0.25) is 0 Å². The summed E-state index contributed by atoms with van der Waals surface area (Å²) in [5, 5.41) is 7.00. The Hall–Kier alpha value is -0.820. The molecule has 0 spiro atoms. The van der Waals surface area contributed by atoms with Crippen molar-refractivity contribution in [1.29, 1.82) is 0 Å². The Bertz CT molecular complexity index is 185. The Morgan fingerprint density at radius 1 is 1.14 bits per heavy atom. The molecule has 0 aliphatic heterocycles. The molecule has 0 heterocycles. The average molecular weight is 194 g/mol. The third kappa shape index (κ3) is 4.43. The Morgan fingerprint density at radius 2 is 1.71 bits per heavy atom. The number of aliphatic hydroxyl groups is 1. The normalized spacial score (nSPS) is 18.0. The number of hydrogen-bond donors (Lipinski definition) is 1. The summed E-state index contributed by atoms with van der Waals surface area (Å²) >= 11 is 0. The van der Waals surface area contributed by atoms with E-state index in [4.69, 9.17) is 5.11 Å². The van der Waals surface area contributed by atoms with Crippen LogP contribution in [-0.4, -0.2) is 12.2 Å². The van der Waals surface area contributed by atoms with Gasteiger partial charge in [-0.2, -0.15) is 0 Å². The summed E-state index contributed by atoms with van der Waals surface area (Å²) in [6, 6.07) is 0. The molecule has 80 valence electrons. The first kappa shape index (κ1) is 13.2. The van der Waals surface area contributed by atoms with E-state index in [0.29, 0.717) is 0 Å². The van der Waals surface area contributed by atoms with E-state index >= 15 is 0 Å². The van der Waals surface area contributed by atoms with E-state index in [9.17, 15) is 0 Å². The zero-order valence-corrected chi connectivity index (χ0v) is 9.21. The molecule has 1 nitrogen and oxygen atoms in total. The molecule has 0 aromatic carbocycles. The van der Waals surface area contributed by atoms with Crippen LogP contribution in [0.15, 0.2) is 37.0 Å². The lowest BCUT2D eigenvalue weighted by Gasteiger charge is -2.22. The molecule has 1 heteroatoms. The summed E-state index contributed by atoms with van der Waals surface area (Å²) in [5.41, 5.74) is 1.38. The van der Waals surface area contributed by atoms with Crippen LogP contribution in [0.3, 0.4) is 0 Å². The summed E-state index contributed by atoms with van der Waals surface area (Å²) in [6.45, 7) is 7.56. The van der Waals surface area contributed by atoms with Crippen molar-refractivity contribution in [1.82, 2.24) is 0 Å². The number of rotatable bonds is 3. The van der Waals surface area contributed by atoms with Crippen molar-refractivity contribution in [3.8, 4) is 0 Å². The monoisotopic (exact) mass is 194 g/mol. The van der Waals surface area contributed by atoms with Gasteiger partial charge in [0.1, 0.15) is 0 Å². The van der Waals surface area contributed by atoms with Crippen molar-refractivity contribution in [3.05, 3.63) is 37.0 Å². The number of allylic oxidation sites excluding steroid dienone is 4. The predicted octanol–water partition coefficient (Wildman–Crippen LogP) is 3.47. The minimum absolute atomic E-state index is 0.759. The molecule has 0 aromatic heterocycles. The van der Waals surface area contributed by atoms with Crippen LogP contribution < -0.4 is 0 Å². The molecule has 1 fully saturated rings. The van der Waals surface area contributed by atoms with E-state index in [1.807, 2.05) is 12.2 Å². The largest absolute Gasteiger partial charge is 0.400 e. The van der Waals surface area contributed by atoms with Gasteiger partial charge in [0, 0.05) is 7.11 Å². The van der Waals surface area contributed by atoms with E-state index in [1.165, 1.54) is 37.7 Å². The summed E-state index contributed by atoms with van der Waals surface area (Å²) in [7, 11) is 1.00. The fourth-order valence-electron chi connectivity index (χ4n) is 1.94. The molecular formula is C13H22O. The van der Waals surface area contributed by atoms with Crippen LogP contribution in [0.25, 0.3) is 0 Å². The second kappa shape index (κ2) is 8.76. The maximum Gasteiger partial charge on any atom is 0.0319 e. The first-order chi connectivity index (χ1) is 6.88. The van der Waals surface area contributed by atoms with Gasteiger partial charge in [0.25, 0.3) is 0 Å². The minimum Gasteiger partial charge on any atom is -0.400 e. The van der Waals surface area contributed by atoms with Crippen molar-refractivity contribution < 1.29 is 5.11 Å². The summed E-state index contributed by atoms with van der Waals surface area (Å²) in [5.74, 6) is 0.759. The average Bonchev–Trinajstić information content (AvgIpc) is 2.30. The van der Waals surface area contributed by atoms with E-state index in [-0.39, 0.29) is 0 Å². The van der Waals surface area contributed by atoms with Crippen LogP contribution in [0.5, 0.6) is 0 Å². The SMILES string of the molecule is C=C/C=C(\C=C)C1CCCCC1.CO. The molecule has 0 aromatic rings. The highest BCUT2D eigenvalue weighted by molar-refractivity contribution is 5.24. The lowest BCUT2D eigenvalue weighted by molar-refractivity contribution is 0.399. The minimum atomic E-state index is 0.759. The third-order valence-corrected chi connectivity index (χ3v) is 2.62. The van der Waals surface area contributed by atoms with Crippen molar-refractivity contribution in [2.75, 3.05) is 7.11 Å². The third-order valence-electron chi connectivity index (χ3n) is 2.62. The molecule has 0 atom stereocenters. The van der Waals surface area contributed by atoms with Crippen LogP contribution in [0.1, 0.15) is 32.1 Å². The van der Waals surface area contributed by atoms with Gasteiger partial charge in [-0.1, -0.05) is 50.6 Å². The maximum absolute atomic E-state index is 7.00. The molecular weight excluding hydrogens is 172 g/mol. The molecule has 1 aliphatic rings. The fourth-order valence-corrected chi connectivity index (χ4v) is 1.94. The van der Waals surface area contributed by atoms with Gasteiger partial charge in [-0.05, 0) is 24.3 Å². The molecule has 14 heavy (non-hydrogen) atoms. The molecule has 0 bridgehead atoms. The topological polar surface area (TPSA) is 20.2 Å². The molecule has 0 radical (unpaired) electrons. The first-order valence-electron chi connectivity index (χ1n) is 5.28. The van der Waals surface area contributed by atoms with Gasteiger partial charge in [0.05, 0.1) is 0 Å². The molecule has 0 amide bonds. The molecule has 0 unspecified atom stereocenters. The number of aliphatic hydroxyl groups excluding tert-OH is 1. The molecule has 1 rings (SSSR count). The molecule has 1 saturated carbocycles. The first-order valence-corrected chi connectivity index (χ1v) is 5.28. The molecule has 1 aliphatic carbocycles. The zero-order valence-electron chi connectivity index (χ0n) is 9.21. The van der Waals surface area contributed by atoms with Gasteiger partial charge in [0.15, 0.2) is 0 Å². The van der Waals surface area contributed by atoms with E-state index < -0.39 is 0 Å². The lowest BCUT2D eigenvalue weighted by Crippen LogP contribution is -2.07. The molecule has 1 N–H and O–H groups in total. The van der Waals surface area contributed by atoms with Gasteiger partial charge in [-0.15, -0.1) is 0 Å². The Morgan fingerprint density at radius 3 is 2.14 bits per heavy atom. The molecule has 0 saturated heterocycles.